The molecule has 0 atom stereocenters. The molecule has 2 aromatic carbocycles. The minimum absolute atomic E-state index is 0.107. The molecule has 3 aromatic rings. The van der Waals surface area contributed by atoms with Gasteiger partial charge in [-0.15, -0.1) is 11.3 Å². The molecule has 106 valence electrons. The van der Waals surface area contributed by atoms with E-state index >= 15 is 0 Å². The summed E-state index contributed by atoms with van der Waals surface area (Å²) < 4.78 is 2.83. The van der Waals surface area contributed by atoms with Crippen LogP contribution in [0.5, 0.6) is 0 Å². The van der Waals surface area contributed by atoms with Crippen LogP contribution in [-0.4, -0.2) is 9.91 Å². The average Bonchev–Trinajstić information content (AvgIpc) is 2.88. The summed E-state index contributed by atoms with van der Waals surface area (Å²) in [5.74, 6) is 0.829. The third kappa shape index (κ3) is 3.42. The summed E-state index contributed by atoms with van der Waals surface area (Å²) in [5.41, 5.74) is 2.13. The first kappa shape index (κ1) is 14.5. The largest absolute Gasteiger partial charge is 0.270 e. The Hall–Kier alpha value is -1.44. The van der Waals surface area contributed by atoms with Crippen molar-refractivity contribution in [1.82, 2.24) is 4.98 Å². The standard InChI is InChI=1S/C14H9BrN2O2S2/c15-10-3-1-9(2-4-10)8-20-14-16-12-6-5-11(17(18)19)7-13(12)21-14/h1-7H,8H2. The maximum absolute atomic E-state index is 10.8. The fourth-order valence-corrected chi connectivity index (χ4v) is 4.11. The van der Waals surface area contributed by atoms with Gasteiger partial charge in [-0.05, 0) is 23.8 Å². The number of non-ortho nitro benzene ring substituents is 1. The summed E-state index contributed by atoms with van der Waals surface area (Å²) in [6.07, 6.45) is 0. The molecule has 0 aliphatic rings. The fraction of sp³-hybridized carbons (Fsp3) is 0.0714. The summed E-state index contributed by atoms with van der Waals surface area (Å²) >= 11 is 6.54. The molecule has 1 heterocycles. The maximum atomic E-state index is 10.8. The molecule has 0 N–H and O–H groups in total. The van der Waals surface area contributed by atoms with Crippen LogP contribution in [0.2, 0.25) is 0 Å². The van der Waals surface area contributed by atoms with Crippen LogP contribution in [0.3, 0.4) is 0 Å². The van der Waals surface area contributed by atoms with Gasteiger partial charge < -0.3 is 0 Å². The monoisotopic (exact) mass is 380 g/mol. The second-order valence-electron chi connectivity index (χ2n) is 4.30. The van der Waals surface area contributed by atoms with E-state index in [2.05, 4.69) is 33.0 Å². The van der Waals surface area contributed by atoms with Crippen LogP contribution >= 0.6 is 39.0 Å². The molecule has 3 rings (SSSR count). The molecule has 21 heavy (non-hydrogen) atoms. The number of aromatic nitrogens is 1. The van der Waals surface area contributed by atoms with E-state index in [1.807, 2.05) is 12.1 Å². The molecule has 1 aromatic heterocycles. The van der Waals surface area contributed by atoms with Gasteiger partial charge in [-0.25, -0.2) is 4.98 Å². The van der Waals surface area contributed by atoms with Gasteiger partial charge >= 0.3 is 0 Å². The normalized spacial score (nSPS) is 10.9. The highest BCUT2D eigenvalue weighted by Crippen LogP contribution is 2.33. The topological polar surface area (TPSA) is 56.0 Å². The van der Waals surface area contributed by atoms with E-state index in [1.54, 1.807) is 23.9 Å². The molecule has 0 aliphatic carbocycles. The van der Waals surface area contributed by atoms with Crippen LogP contribution < -0.4 is 0 Å². The Morgan fingerprint density at radius 1 is 1.24 bits per heavy atom. The molecule has 0 fully saturated rings. The highest BCUT2D eigenvalue weighted by atomic mass is 79.9. The fourth-order valence-electron chi connectivity index (χ4n) is 1.79. The molecule has 0 aliphatic heterocycles. The van der Waals surface area contributed by atoms with Crippen molar-refractivity contribution in [3.8, 4) is 0 Å². The van der Waals surface area contributed by atoms with Crippen molar-refractivity contribution >= 4 is 54.9 Å². The van der Waals surface area contributed by atoms with Gasteiger partial charge in [0, 0.05) is 22.4 Å². The summed E-state index contributed by atoms with van der Waals surface area (Å²) in [7, 11) is 0. The Bertz CT molecular complexity index is 802. The Labute approximate surface area is 137 Å². The summed E-state index contributed by atoms with van der Waals surface area (Å²) in [6.45, 7) is 0. The quantitative estimate of drug-likeness (QED) is 0.351. The number of benzene rings is 2. The first-order valence-corrected chi connectivity index (χ1v) is 8.63. The van der Waals surface area contributed by atoms with Crippen molar-refractivity contribution in [2.24, 2.45) is 0 Å². The van der Waals surface area contributed by atoms with Crippen molar-refractivity contribution in [3.05, 3.63) is 62.6 Å². The number of hydrogen-bond donors (Lipinski definition) is 0. The highest BCUT2D eigenvalue weighted by molar-refractivity contribution is 9.10. The SMILES string of the molecule is O=[N+]([O-])c1ccc2nc(SCc3ccc(Br)cc3)sc2c1. The maximum Gasteiger partial charge on any atom is 0.270 e. The van der Waals surface area contributed by atoms with Crippen LogP contribution in [0.4, 0.5) is 5.69 Å². The molecule has 0 amide bonds. The molecule has 0 saturated heterocycles. The van der Waals surface area contributed by atoms with E-state index in [1.165, 1.54) is 23.0 Å². The number of nitro groups is 1. The Balaban J connectivity index is 1.78. The summed E-state index contributed by atoms with van der Waals surface area (Å²) in [4.78, 5) is 14.9. The zero-order valence-electron chi connectivity index (χ0n) is 10.7. The Kier molecular flexibility index (Phi) is 4.23. The second-order valence-corrected chi connectivity index (χ2v) is 7.47. The average molecular weight is 381 g/mol. The lowest BCUT2D eigenvalue weighted by molar-refractivity contribution is -0.384. The number of halogens is 1. The lowest BCUT2D eigenvalue weighted by Crippen LogP contribution is -1.85. The Morgan fingerprint density at radius 3 is 2.71 bits per heavy atom. The number of thioether (sulfide) groups is 1. The minimum atomic E-state index is -0.381. The first-order chi connectivity index (χ1) is 10.1. The van der Waals surface area contributed by atoms with Crippen LogP contribution in [0, 0.1) is 10.1 Å². The van der Waals surface area contributed by atoms with Crippen LogP contribution in [0.25, 0.3) is 10.2 Å². The molecule has 7 heteroatoms. The van der Waals surface area contributed by atoms with Gasteiger partial charge in [0.15, 0.2) is 4.34 Å². The molecule has 4 nitrogen and oxygen atoms in total. The molecule has 0 radical (unpaired) electrons. The lowest BCUT2D eigenvalue weighted by atomic mass is 10.2. The van der Waals surface area contributed by atoms with Gasteiger partial charge in [-0.2, -0.15) is 0 Å². The van der Waals surface area contributed by atoms with Crippen molar-refractivity contribution in [2.75, 3.05) is 0 Å². The molecular formula is C14H9BrN2O2S2. The van der Waals surface area contributed by atoms with Gasteiger partial charge in [0.05, 0.1) is 15.1 Å². The number of hydrogen-bond acceptors (Lipinski definition) is 5. The molecular weight excluding hydrogens is 372 g/mol. The predicted molar refractivity (Wildman–Crippen MR) is 90.0 cm³/mol. The van der Waals surface area contributed by atoms with Gasteiger partial charge in [0.2, 0.25) is 0 Å². The van der Waals surface area contributed by atoms with Crippen LogP contribution in [0.1, 0.15) is 5.56 Å². The van der Waals surface area contributed by atoms with Gasteiger partial charge in [-0.1, -0.05) is 39.8 Å². The van der Waals surface area contributed by atoms with E-state index < -0.39 is 0 Å². The van der Waals surface area contributed by atoms with Crippen LogP contribution in [0.15, 0.2) is 51.3 Å². The number of nitrogens with zero attached hydrogens (tertiary/aromatic N) is 2. The Morgan fingerprint density at radius 2 is 2.00 bits per heavy atom. The van der Waals surface area contributed by atoms with E-state index in [0.717, 1.165) is 24.8 Å². The van der Waals surface area contributed by atoms with Gasteiger partial charge in [-0.3, -0.25) is 10.1 Å². The zero-order valence-corrected chi connectivity index (χ0v) is 13.9. The highest BCUT2D eigenvalue weighted by Gasteiger charge is 2.10. The number of thiazole rings is 1. The lowest BCUT2D eigenvalue weighted by Gasteiger charge is -1.98. The van der Waals surface area contributed by atoms with Crippen molar-refractivity contribution in [3.63, 3.8) is 0 Å². The molecule has 0 bridgehead atoms. The zero-order chi connectivity index (χ0) is 14.8. The molecule has 0 unspecified atom stereocenters. The van der Waals surface area contributed by atoms with E-state index in [4.69, 9.17) is 0 Å². The summed E-state index contributed by atoms with van der Waals surface area (Å²) in [5, 5.41) is 10.8. The predicted octanol–water partition coefficient (Wildman–Crippen LogP) is 5.26. The second kappa shape index (κ2) is 6.13. The van der Waals surface area contributed by atoms with Crippen molar-refractivity contribution in [2.45, 2.75) is 10.1 Å². The van der Waals surface area contributed by atoms with Crippen molar-refractivity contribution in [1.29, 1.82) is 0 Å². The smallest absolute Gasteiger partial charge is 0.258 e. The van der Waals surface area contributed by atoms with Gasteiger partial charge in [0.25, 0.3) is 5.69 Å². The van der Waals surface area contributed by atoms with E-state index in [0.29, 0.717) is 0 Å². The summed E-state index contributed by atoms with van der Waals surface area (Å²) in [6, 6.07) is 12.9. The minimum Gasteiger partial charge on any atom is -0.258 e. The third-order valence-corrected chi connectivity index (χ3v) is 5.60. The van der Waals surface area contributed by atoms with Crippen molar-refractivity contribution < 1.29 is 4.92 Å². The van der Waals surface area contributed by atoms with E-state index in [9.17, 15) is 10.1 Å². The van der Waals surface area contributed by atoms with Gasteiger partial charge in [0.1, 0.15) is 0 Å². The first-order valence-electron chi connectivity index (χ1n) is 6.04. The number of fused-ring (bicyclic) bond motifs is 1. The number of nitro benzene ring substituents is 1. The molecule has 0 spiro atoms. The third-order valence-electron chi connectivity index (χ3n) is 2.84. The van der Waals surface area contributed by atoms with Crippen LogP contribution in [-0.2, 0) is 5.75 Å². The molecule has 0 saturated carbocycles. The number of rotatable bonds is 4. The van der Waals surface area contributed by atoms with E-state index in [-0.39, 0.29) is 10.6 Å².